The normalized spacial score (nSPS) is 10.1. The summed E-state index contributed by atoms with van der Waals surface area (Å²) < 4.78 is 0. The fourth-order valence-corrected chi connectivity index (χ4v) is 2.97. The summed E-state index contributed by atoms with van der Waals surface area (Å²) in [5, 5.41) is 0. The molecule has 0 aliphatic heterocycles. The van der Waals surface area contributed by atoms with Crippen molar-refractivity contribution < 1.29 is 0 Å². The minimum atomic E-state index is 1.00. The van der Waals surface area contributed by atoms with Crippen LogP contribution in [-0.4, -0.2) is 5.87 Å². The summed E-state index contributed by atoms with van der Waals surface area (Å²) in [5.41, 5.74) is 7.88. The van der Waals surface area contributed by atoms with Crippen molar-refractivity contribution in [1.82, 2.24) is 0 Å². The highest BCUT2D eigenvalue weighted by Crippen LogP contribution is 2.26. The molecule has 3 aromatic carbocycles. The number of hydrogen-bond acceptors (Lipinski definition) is 1. The topological polar surface area (TPSA) is 12.4 Å². The van der Waals surface area contributed by atoms with Crippen LogP contribution in [0.25, 0.3) is 5.57 Å². The predicted molar refractivity (Wildman–Crippen MR) is 103 cm³/mol. The van der Waals surface area contributed by atoms with Gasteiger partial charge in [-0.3, -0.25) is 0 Å². The van der Waals surface area contributed by atoms with Gasteiger partial charge in [0, 0.05) is 0 Å². The number of hydrogen-bond donors (Lipinski definition) is 0. The first-order valence-corrected chi connectivity index (χ1v) is 8.17. The summed E-state index contributed by atoms with van der Waals surface area (Å²) in [6.45, 7) is 6.32. The van der Waals surface area contributed by atoms with Gasteiger partial charge in [-0.05, 0) is 48.9 Å². The lowest BCUT2D eigenvalue weighted by atomic mass is 9.99. The van der Waals surface area contributed by atoms with Crippen LogP contribution in [0.4, 0.5) is 5.69 Å². The number of benzene rings is 3. The summed E-state index contributed by atoms with van der Waals surface area (Å²) in [5.74, 6) is 3.31. The van der Waals surface area contributed by atoms with Crippen molar-refractivity contribution in [1.29, 1.82) is 0 Å². The van der Waals surface area contributed by atoms with Gasteiger partial charge in [-0.25, -0.2) is 4.99 Å². The summed E-state index contributed by atoms with van der Waals surface area (Å²) in [7, 11) is 0. The molecule has 24 heavy (non-hydrogen) atoms. The predicted octanol–water partition coefficient (Wildman–Crippen LogP) is 6.04. The number of nitrogens with zero attached hydrogens (tertiary/aromatic N) is 1. The third-order valence-electron chi connectivity index (χ3n) is 4.04. The van der Waals surface area contributed by atoms with Gasteiger partial charge in [0.1, 0.15) is 0 Å². The highest BCUT2D eigenvalue weighted by atomic mass is 14.7. The van der Waals surface area contributed by atoms with Gasteiger partial charge in [0.2, 0.25) is 0 Å². The molecule has 0 amide bonds. The first kappa shape index (κ1) is 16.0. The summed E-state index contributed by atoms with van der Waals surface area (Å²) in [6.07, 6.45) is 0. The van der Waals surface area contributed by atoms with E-state index >= 15 is 0 Å². The molecule has 1 nitrogen and oxygen atoms in total. The van der Waals surface area contributed by atoms with Crippen LogP contribution in [-0.2, 0) is 0 Å². The van der Waals surface area contributed by atoms with Crippen LogP contribution in [0.1, 0.15) is 27.8 Å². The average molecular weight is 311 g/mol. The van der Waals surface area contributed by atoms with Gasteiger partial charge >= 0.3 is 0 Å². The third-order valence-corrected chi connectivity index (χ3v) is 4.04. The second kappa shape index (κ2) is 7.12. The van der Waals surface area contributed by atoms with Crippen LogP contribution in [0.2, 0.25) is 0 Å². The lowest BCUT2D eigenvalue weighted by Crippen LogP contribution is -1.89. The van der Waals surface area contributed by atoms with Crippen molar-refractivity contribution >= 4 is 17.1 Å². The Morgan fingerprint density at radius 2 is 1.17 bits per heavy atom. The van der Waals surface area contributed by atoms with E-state index in [9.17, 15) is 0 Å². The molecule has 0 unspecified atom stereocenters. The molecule has 0 spiro atoms. The van der Waals surface area contributed by atoms with E-state index in [2.05, 4.69) is 63.0 Å². The van der Waals surface area contributed by atoms with Gasteiger partial charge in [-0.1, -0.05) is 78.4 Å². The monoisotopic (exact) mass is 311 g/mol. The van der Waals surface area contributed by atoms with Crippen molar-refractivity contribution in [3.63, 3.8) is 0 Å². The Morgan fingerprint density at radius 1 is 0.708 bits per heavy atom. The summed E-state index contributed by atoms with van der Waals surface area (Å²) >= 11 is 0. The van der Waals surface area contributed by atoms with Gasteiger partial charge in [-0.2, -0.15) is 0 Å². The molecule has 0 atom stereocenters. The maximum absolute atomic E-state index is 4.71. The second-order valence-electron chi connectivity index (χ2n) is 6.08. The molecule has 0 heterocycles. The maximum atomic E-state index is 4.71. The van der Waals surface area contributed by atoms with Crippen molar-refractivity contribution in [3.05, 3.63) is 101 Å². The Morgan fingerprint density at radius 3 is 1.62 bits per heavy atom. The van der Waals surface area contributed by atoms with E-state index in [0.717, 1.165) is 22.4 Å². The van der Waals surface area contributed by atoms with Crippen LogP contribution >= 0.6 is 0 Å². The molecular weight excluding hydrogens is 290 g/mol. The van der Waals surface area contributed by atoms with E-state index in [1.165, 1.54) is 16.7 Å². The minimum Gasteiger partial charge on any atom is -0.205 e. The Bertz CT molecular complexity index is 835. The number of rotatable bonds is 3. The van der Waals surface area contributed by atoms with E-state index in [-0.39, 0.29) is 0 Å². The smallest absolute Gasteiger partial charge is 0.0788 e. The summed E-state index contributed by atoms with van der Waals surface area (Å²) in [4.78, 5) is 4.71. The number of aliphatic imine (C=N–C) groups is 1. The number of aryl methyl sites for hydroxylation is 3. The SMILES string of the molecule is Cc1cc(C)c(N=C=C(c2ccccc2)c2ccccc2)c(C)c1. The molecule has 0 bridgehead atoms. The van der Waals surface area contributed by atoms with Crippen molar-refractivity contribution in [2.24, 2.45) is 4.99 Å². The summed E-state index contributed by atoms with van der Waals surface area (Å²) in [6, 6.07) is 24.9. The van der Waals surface area contributed by atoms with E-state index in [1.54, 1.807) is 0 Å². The molecule has 0 fully saturated rings. The maximum Gasteiger partial charge on any atom is 0.0788 e. The van der Waals surface area contributed by atoms with Crippen LogP contribution in [0, 0.1) is 20.8 Å². The molecule has 0 radical (unpaired) electrons. The molecular formula is C23H21N. The molecule has 0 saturated carbocycles. The molecule has 0 saturated heterocycles. The average Bonchev–Trinajstić information content (AvgIpc) is 2.59. The van der Waals surface area contributed by atoms with E-state index in [4.69, 9.17) is 4.99 Å². The Kier molecular flexibility index (Phi) is 4.74. The zero-order chi connectivity index (χ0) is 16.9. The van der Waals surface area contributed by atoms with Gasteiger partial charge in [-0.15, -0.1) is 0 Å². The Labute approximate surface area is 144 Å². The quantitative estimate of drug-likeness (QED) is 0.522. The second-order valence-corrected chi connectivity index (χ2v) is 6.08. The van der Waals surface area contributed by atoms with Crippen LogP contribution in [0.5, 0.6) is 0 Å². The van der Waals surface area contributed by atoms with Gasteiger partial charge in [0.25, 0.3) is 0 Å². The molecule has 3 rings (SSSR count). The lowest BCUT2D eigenvalue weighted by Gasteiger charge is -2.07. The van der Waals surface area contributed by atoms with E-state index < -0.39 is 0 Å². The molecule has 1 heteroatoms. The highest BCUT2D eigenvalue weighted by Gasteiger charge is 2.05. The third kappa shape index (κ3) is 3.53. The van der Waals surface area contributed by atoms with E-state index in [0.29, 0.717) is 0 Å². The highest BCUT2D eigenvalue weighted by molar-refractivity contribution is 5.99. The van der Waals surface area contributed by atoms with Crippen molar-refractivity contribution in [2.75, 3.05) is 0 Å². The minimum absolute atomic E-state index is 1.00. The standard InChI is InChI=1S/C23H21N/c1-17-14-18(2)23(19(3)15-17)24-16-22(20-10-6-4-7-11-20)21-12-8-5-9-13-21/h4-15H,1-3H3. The van der Waals surface area contributed by atoms with Gasteiger partial charge in [0.15, 0.2) is 0 Å². The van der Waals surface area contributed by atoms with Crippen molar-refractivity contribution in [3.8, 4) is 0 Å². The molecule has 3 aromatic rings. The largest absolute Gasteiger partial charge is 0.205 e. The van der Waals surface area contributed by atoms with E-state index in [1.807, 2.05) is 36.4 Å². The fourth-order valence-electron chi connectivity index (χ4n) is 2.97. The lowest BCUT2D eigenvalue weighted by molar-refractivity contribution is 1.29. The molecule has 118 valence electrons. The van der Waals surface area contributed by atoms with Gasteiger partial charge in [0.05, 0.1) is 11.3 Å². The first-order chi connectivity index (χ1) is 11.6. The van der Waals surface area contributed by atoms with Crippen LogP contribution < -0.4 is 0 Å². The Hall–Kier alpha value is -2.89. The Balaban J connectivity index is 2.18. The fraction of sp³-hybridized carbons (Fsp3) is 0.130. The first-order valence-electron chi connectivity index (χ1n) is 8.17. The molecule has 0 aromatic heterocycles. The molecule has 0 aliphatic rings. The van der Waals surface area contributed by atoms with Gasteiger partial charge < -0.3 is 0 Å². The molecule has 0 N–H and O–H groups in total. The zero-order valence-electron chi connectivity index (χ0n) is 14.4. The molecule has 0 aliphatic carbocycles. The van der Waals surface area contributed by atoms with Crippen molar-refractivity contribution in [2.45, 2.75) is 20.8 Å². The van der Waals surface area contributed by atoms with Crippen LogP contribution in [0.3, 0.4) is 0 Å². The van der Waals surface area contributed by atoms with Crippen LogP contribution in [0.15, 0.2) is 77.8 Å². The zero-order valence-corrected chi connectivity index (χ0v) is 14.4.